The third kappa shape index (κ3) is 3.09. The van der Waals surface area contributed by atoms with Gasteiger partial charge in [0.05, 0.1) is 32.0 Å². The predicted octanol–water partition coefficient (Wildman–Crippen LogP) is 5.28. The Morgan fingerprint density at radius 1 is 0.793 bits per heavy atom. The quantitative estimate of drug-likeness (QED) is 0.542. The Hall–Kier alpha value is -2.82. The van der Waals surface area contributed by atoms with Crippen LogP contribution in [-0.2, 0) is 0 Å². The van der Waals surface area contributed by atoms with Crippen LogP contribution < -0.4 is 9.47 Å². The molecule has 0 saturated carbocycles. The summed E-state index contributed by atoms with van der Waals surface area (Å²) in [5.41, 5.74) is 4.63. The van der Waals surface area contributed by atoms with Gasteiger partial charge in [-0.25, -0.2) is 0 Å². The van der Waals surface area contributed by atoms with Gasteiger partial charge in [-0.05, 0) is 41.0 Å². The number of benzene rings is 3. The van der Waals surface area contributed by atoms with Crippen molar-refractivity contribution in [2.45, 2.75) is 18.2 Å². The van der Waals surface area contributed by atoms with Crippen LogP contribution in [0, 0.1) is 0 Å². The van der Waals surface area contributed by atoms with Crippen LogP contribution >= 0.6 is 11.6 Å². The van der Waals surface area contributed by atoms with Gasteiger partial charge < -0.3 is 9.47 Å². The van der Waals surface area contributed by atoms with Gasteiger partial charge in [0.1, 0.15) is 6.17 Å². The number of ether oxygens (including phenoxy) is 2. The smallest absolute Gasteiger partial charge is 0.161 e. The lowest BCUT2D eigenvalue weighted by atomic mass is 10.0. The minimum absolute atomic E-state index is 0.0595. The van der Waals surface area contributed by atoms with Crippen LogP contribution in [-0.4, -0.2) is 30.9 Å². The average Bonchev–Trinajstić information content (AvgIpc) is 3.38. The van der Waals surface area contributed by atoms with Crippen molar-refractivity contribution in [2.75, 3.05) is 14.2 Å². The molecule has 0 aromatic heterocycles. The number of nitrogens with zero attached hydrogens (tertiary/aromatic N) is 2. The van der Waals surface area contributed by atoms with Crippen LogP contribution in [0.5, 0.6) is 11.5 Å². The van der Waals surface area contributed by atoms with E-state index >= 15 is 0 Å². The number of rotatable bonds is 5. The van der Waals surface area contributed by atoms with Crippen molar-refractivity contribution < 1.29 is 9.47 Å². The lowest BCUT2D eigenvalue weighted by molar-refractivity contribution is 0.351. The zero-order valence-corrected chi connectivity index (χ0v) is 17.0. The molecule has 0 bridgehead atoms. The van der Waals surface area contributed by atoms with Gasteiger partial charge in [0.2, 0.25) is 0 Å². The maximum Gasteiger partial charge on any atom is 0.161 e. The molecule has 5 heteroatoms. The second-order valence-electron chi connectivity index (χ2n) is 7.26. The van der Waals surface area contributed by atoms with Crippen LogP contribution in [0.1, 0.15) is 28.9 Å². The molecule has 5 rings (SSSR count). The van der Waals surface area contributed by atoms with Crippen LogP contribution in [0.2, 0.25) is 5.02 Å². The average molecular weight is 405 g/mol. The summed E-state index contributed by atoms with van der Waals surface area (Å²) in [6.45, 7) is 0. The van der Waals surface area contributed by atoms with Gasteiger partial charge in [-0.3, -0.25) is 9.89 Å². The van der Waals surface area contributed by atoms with Crippen LogP contribution in [0.4, 0.5) is 0 Å². The van der Waals surface area contributed by atoms with Crippen LogP contribution in [0.25, 0.3) is 0 Å². The number of fused-ring (bicyclic) bond motifs is 1. The van der Waals surface area contributed by atoms with E-state index in [4.69, 9.17) is 26.1 Å². The topological polar surface area (TPSA) is 33.8 Å². The van der Waals surface area contributed by atoms with Crippen molar-refractivity contribution in [3.05, 3.63) is 94.5 Å². The van der Waals surface area contributed by atoms with Crippen molar-refractivity contribution in [1.29, 1.82) is 0 Å². The summed E-state index contributed by atoms with van der Waals surface area (Å²) in [4.78, 5) is 7.54. The zero-order chi connectivity index (χ0) is 20.0. The Kier molecular flexibility index (Phi) is 4.53. The molecule has 3 aromatic rings. The molecule has 0 amide bonds. The standard InChI is InChI=1S/C24H21ClN2O2/c1-28-19-13-10-17(14-20(19)29-2)24-26-21(15-8-11-18(25)12-9-15)23-22(27(23)24)16-6-4-3-5-7-16/h3-14,22-24H,1-2H3. The molecule has 2 heterocycles. The fraction of sp³-hybridized carbons (Fsp3) is 0.208. The molecule has 146 valence electrons. The molecule has 4 nitrogen and oxygen atoms in total. The van der Waals surface area contributed by atoms with Crippen molar-refractivity contribution in [3.63, 3.8) is 0 Å². The molecule has 0 N–H and O–H groups in total. The maximum atomic E-state index is 6.10. The molecule has 0 radical (unpaired) electrons. The number of hydrogen-bond donors (Lipinski definition) is 0. The van der Waals surface area contributed by atoms with E-state index in [0.29, 0.717) is 6.04 Å². The van der Waals surface area contributed by atoms with Gasteiger partial charge in [0, 0.05) is 5.02 Å². The summed E-state index contributed by atoms with van der Waals surface area (Å²) in [5, 5.41) is 0.732. The Labute approximate surface area is 175 Å². The number of hydrogen-bond acceptors (Lipinski definition) is 4. The van der Waals surface area contributed by atoms with E-state index in [2.05, 4.69) is 53.4 Å². The molecular formula is C24H21ClN2O2. The molecular weight excluding hydrogens is 384 g/mol. The lowest BCUT2D eigenvalue weighted by Crippen LogP contribution is -2.08. The van der Waals surface area contributed by atoms with Crippen molar-refractivity contribution in [1.82, 2.24) is 4.90 Å². The fourth-order valence-electron chi connectivity index (χ4n) is 4.25. The van der Waals surface area contributed by atoms with E-state index in [0.717, 1.165) is 33.4 Å². The Morgan fingerprint density at radius 2 is 1.52 bits per heavy atom. The normalized spacial score (nSPS) is 24.6. The summed E-state index contributed by atoms with van der Waals surface area (Å²) in [5.74, 6) is 1.44. The Balaban J connectivity index is 1.57. The maximum absolute atomic E-state index is 6.10. The molecule has 1 saturated heterocycles. The van der Waals surface area contributed by atoms with E-state index in [-0.39, 0.29) is 12.2 Å². The summed E-state index contributed by atoms with van der Waals surface area (Å²) in [6, 6.07) is 25.2. The van der Waals surface area contributed by atoms with Crippen LogP contribution in [0.3, 0.4) is 0 Å². The number of methoxy groups -OCH3 is 2. The zero-order valence-electron chi connectivity index (χ0n) is 16.2. The number of aliphatic imine (C=N–C) groups is 1. The fourth-order valence-corrected chi connectivity index (χ4v) is 4.37. The summed E-state index contributed by atoms with van der Waals surface area (Å²) in [6.07, 6.45) is -0.0595. The first-order valence-corrected chi connectivity index (χ1v) is 9.97. The summed E-state index contributed by atoms with van der Waals surface area (Å²) in [7, 11) is 3.31. The third-order valence-electron chi connectivity index (χ3n) is 5.66. The SMILES string of the molecule is COc1ccc(C2N=C(c3ccc(Cl)cc3)C3C(c4ccccc4)N23)cc1OC. The van der Waals surface area contributed by atoms with E-state index in [1.54, 1.807) is 14.2 Å². The van der Waals surface area contributed by atoms with E-state index < -0.39 is 0 Å². The highest BCUT2D eigenvalue weighted by Gasteiger charge is 2.59. The summed E-state index contributed by atoms with van der Waals surface area (Å²) < 4.78 is 10.9. The van der Waals surface area contributed by atoms with Crippen molar-refractivity contribution in [2.24, 2.45) is 4.99 Å². The molecule has 0 spiro atoms. The monoisotopic (exact) mass is 404 g/mol. The molecule has 0 aliphatic carbocycles. The highest BCUT2D eigenvalue weighted by molar-refractivity contribution is 6.30. The first-order valence-electron chi connectivity index (χ1n) is 9.59. The largest absolute Gasteiger partial charge is 0.493 e. The second kappa shape index (κ2) is 7.21. The molecule has 4 atom stereocenters. The van der Waals surface area contributed by atoms with Gasteiger partial charge in [0.25, 0.3) is 0 Å². The van der Waals surface area contributed by atoms with Crippen molar-refractivity contribution >= 4 is 17.3 Å². The number of halogens is 1. The van der Waals surface area contributed by atoms with Crippen molar-refractivity contribution in [3.8, 4) is 11.5 Å². The third-order valence-corrected chi connectivity index (χ3v) is 5.91. The second-order valence-corrected chi connectivity index (χ2v) is 7.69. The molecule has 2 aliphatic heterocycles. The highest BCUT2D eigenvalue weighted by Crippen LogP contribution is 2.56. The minimum Gasteiger partial charge on any atom is -0.493 e. The molecule has 4 unspecified atom stereocenters. The minimum atomic E-state index is -0.0595. The van der Waals surface area contributed by atoms with Gasteiger partial charge in [0.15, 0.2) is 11.5 Å². The van der Waals surface area contributed by atoms with Gasteiger partial charge in [-0.2, -0.15) is 0 Å². The van der Waals surface area contributed by atoms with Gasteiger partial charge in [-0.15, -0.1) is 0 Å². The summed E-state index contributed by atoms with van der Waals surface area (Å²) >= 11 is 6.10. The van der Waals surface area contributed by atoms with Gasteiger partial charge >= 0.3 is 0 Å². The lowest BCUT2D eigenvalue weighted by Gasteiger charge is -2.16. The molecule has 2 aliphatic rings. The first kappa shape index (κ1) is 18.2. The molecule has 1 fully saturated rings. The highest BCUT2D eigenvalue weighted by atomic mass is 35.5. The Morgan fingerprint density at radius 3 is 2.21 bits per heavy atom. The van der Waals surface area contributed by atoms with Crippen LogP contribution in [0.15, 0.2) is 77.8 Å². The predicted molar refractivity (Wildman–Crippen MR) is 115 cm³/mol. The van der Waals surface area contributed by atoms with E-state index in [1.807, 2.05) is 24.3 Å². The first-order chi connectivity index (χ1) is 14.2. The molecule has 3 aromatic carbocycles. The van der Waals surface area contributed by atoms with Gasteiger partial charge in [-0.1, -0.05) is 60.1 Å². The van der Waals surface area contributed by atoms with E-state index in [1.165, 1.54) is 5.56 Å². The Bertz CT molecular complexity index is 1070. The molecule has 29 heavy (non-hydrogen) atoms. The van der Waals surface area contributed by atoms with E-state index in [9.17, 15) is 0 Å².